The van der Waals surface area contributed by atoms with Crippen molar-refractivity contribution in [1.82, 2.24) is 5.32 Å². The van der Waals surface area contributed by atoms with Gasteiger partial charge in [0.15, 0.2) is 0 Å². The van der Waals surface area contributed by atoms with E-state index in [1.165, 1.54) is 0 Å². The third kappa shape index (κ3) is 12.2. The minimum absolute atomic E-state index is 0.0626. The summed E-state index contributed by atoms with van der Waals surface area (Å²) in [4.78, 5) is 22.4. The van der Waals surface area contributed by atoms with E-state index in [1.54, 1.807) is 31.4 Å². The second-order valence-electron chi connectivity index (χ2n) is 5.98. The maximum absolute atomic E-state index is 11.6. The minimum Gasteiger partial charge on any atom is -0.490 e. The number of methoxy groups -OCH3 is 1. The molecule has 0 aliphatic heterocycles. The molecule has 1 amide bonds. The average molecular weight is 421 g/mol. The highest BCUT2D eigenvalue weighted by atomic mass is 32.1. The number of carbonyl (C=O) groups excluding carboxylic acids is 2. The molecule has 1 aromatic carbocycles. The Kier molecular flexibility index (Phi) is 13.7. The first-order valence-corrected chi connectivity index (χ1v) is 9.91. The van der Waals surface area contributed by atoms with E-state index in [2.05, 4.69) is 29.7 Å². The molecule has 1 aromatic rings. The molecule has 0 aliphatic carbocycles. The summed E-state index contributed by atoms with van der Waals surface area (Å²) in [6.07, 6.45) is 1.66. The number of nitrogens with one attached hydrogen (secondary N) is 1. The van der Waals surface area contributed by atoms with Crippen LogP contribution in [0.15, 0.2) is 24.3 Å². The van der Waals surface area contributed by atoms with Gasteiger partial charge in [0.25, 0.3) is 0 Å². The molecule has 1 N–H and O–H groups in total. The molecule has 0 fully saturated rings. The van der Waals surface area contributed by atoms with E-state index in [0.29, 0.717) is 18.6 Å². The first-order valence-electron chi connectivity index (χ1n) is 9.39. The highest BCUT2D eigenvalue weighted by Crippen LogP contribution is 2.13. The number of hydrogen-bond acceptors (Lipinski definition) is 7. The maximum atomic E-state index is 11.6. The Morgan fingerprint density at radius 3 is 2.93 bits per heavy atom. The molecular formula is C20H28BNO6S. The van der Waals surface area contributed by atoms with Crippen LogP contribution in [0.2, 0.25) is 0 Å². The summed E-state index contributed by atoms with van der Waals surface area (Å²) < 4.78 is 21.4. The monoisotopic (exact) mass is 421 g/mol. The van der Waals surface area contributed by atoms with Gasteiger partial charge in [-0.1, -0.05) is 25.0 Å². The fourth-order valence-electron chi connectivity index (χ4n) is 2.14. The lowest BCUT2D eigenvalue weighted by Gasteiger charge is -2.14. The lowest BCUT2D eigenvalue weighted by Crippen LogP contribution is -2.29. The Balaban J connectivity index is 2.05. The second kappa shape index (κ2) is 15.9. The fraction of sp³-hybridized carbons (Fsp3) is 0.500. The SMILES string of the molecule is CC[C@H](BC#CCNC(=O)COCCOC(S)COc1cccc(C=O)c1)OC. The molecule has 1 unspecified atom stereocenters. The van der Waals surface area contributed by atoms with Crippen molar-refractivity contribution in [2.24, 2.45) is 0 Å². The number of benzene rings is 1. The maximum Gasteiger partial charge on any atom is 0.246 e. The first-order chi connectivity index (χ1) is 14.1. The fourth-order valence-corrected chi connectivity index (χ4v) is 2.32. The van der Waals surface area contributed by atoms with Crippen LogP contribution in [-0.2, 0) is 19.0 Å². The van der Waals surface area contributed by atoms with Gasteiger partial charge in [0.1, 0.15) is 30.7 Å². The zero-order valence-corrected chi connectivity index (χ0v) is 17.8. The molecule has 0 aliphatic rings. The van der Waals surface area contributed by atoms with E-state index in [-0.39, 0.29) is 44.9 Å². The predicted octanol–water partition coefficient (Wildman–Crippen LogP) is 1.06. The molecule has 0 aromatic heterocycles. The molecule has 0 heterocycles. The Hall–Kier alpha value is -1.99. The van der Waals surface area contributed by atoms with Gasteiger partial charge in [0, 0.05) is 18.7 Å². The van der Waals surface area contributed by atoms with Crippen LogP contribution in [0.5, 0.6) is 5.75 Å². The van der Waals surface area contributed by atoms with Gasteiger partial charge < -0.3 is 24.3 Å². The average Bonchev–Trinajstić information content (AvgIpc) is 2.74. The molecule has 0 spiro atoms. The smallest absolute Gasteiger partial charge is 0.246 e. The van der Waals surface area contributed by atoms with Crippen molar-refractivity contribution in [3.8, 4) is 17.5 Å². The highest BCUT2D eigenvalue weighted by Gasteiger charge is 2.06. The van der Waals surface area contributed by atoms with Crippen LogP contribution >= 0.6 is 12.6 Å². The summed E-state index contributed by atoms with van der Waals surface area (Å²) in [5.74, 6) is 6.19. The molecule has 0 saturated carbocycles. The van der Waals surface area contributed by atoms with E-state index in [1.807, 2.05) is 6.92 Å². The van der Waals surface area contributed by atoms with Crippen LogP contribution in [-0.4, -0.2) is 71.0 Å². The van der Waals surface area contributed by atoms with Gasteiger partial charge >= 0.3 is 0 Å². The van der Waals surface area contributed by atoms with Crippen LogP contribution in [0.3, 0.4) is 0 Å². The predicted molar refractivity (Wildman–Crippen MR) is 116 cm³/mol. The summed E-state index contributed by atoms with van der Waals surface area (Å²) in [7, 11) is 2.31. The molecular weight excluding hydrogens is 393 g/mol. The summed E-state index contributed by atoms with van der Waals surface area (Å²) in [6, 6.07) is 6.94. The van der Waals surface area contributed by atoms with Crippen LogP contribution in [0.25, 0.3) is 0 Å². The van der Waals surface area contributed by atoms with Gasteiger partial charge in [-0.15, -0.1) is 12.6 Å². The quantitative estimate of drug-likeness (QED) is 0.117. The van der Waals surface area contributed by atoms with E-state index in [9.17, 15) is 9.59 Å². The van der Waals surface area contributed by atoms with Gasteiger partial charge in [0.05, 0.1) is 19.8 Å². The third-order valence-corrected chi connectivity index (χ3v) is 4.07. The molecule has 2 atom stereocenters. The van der Waals surface area contributed by atoms with Crippen molar-refractivity contribution in [3.63, 3.8) is 0 Å². The number of hydrogen-bond donors (Lipinski definition) is 2. The summed E-state index contributed by atoms with van der Waals surface area (Å²) in [5.41, 5.74) is 0.0820. The van der Waals surface area contributed by atoms with E-state index in [4.69, 9.17) is 18.9 Å². The van der Waals surface area contributed by atoms with Gasteiger partial charge in [-0.25, -0.2) is 0 Å². The number of rotatable bonds is 14. The molecule has 7 nitrogen and oxygen atoms in total. The number of thiol groups is 1. The summed E-state index contributed by atoms with van der Waals surface area (Å²) in [5, 5.41) is 2.66. The number of carbonyl (C=O) groups is 2. The molecule has 0 saturated heterocycles. The molecule has 0 bridgehead atoms. The standard InChI is InChI=1S/C20H28BNO6S/c1-3-18(25-2)21-8-5-9-22-19(24)14-26-10-11-27-20(29)15-28-17-7-4-6-16(12-17)13-23/h4,6-7,12-13,18,20-21,29H,3,9-11,14-15H2,1-2H3,(H,22,24)/t18-,20?/m1/s1. The normalized spacial score (nSPS) is 12.2. The van der Waals surface area contributed by atoms with Crippen molar-refractivity contribution in [2.45, 2.75) is 24.8 Å². The Morgan fingerprint density at radius 1 is 1.38 bits per heavy atom. The number of amides is 1. The Labute approximate surface area is 178 Å². The largest absolute Gasteiger partial charge is 0.490 e. The lowest BCUT2D eigenvalue weighted by molar-refractivity contribution is -0.126. The van der Waals surface area contributed by atoms with Crippen molar-refractivity contribution >= 4 is 32.1 Å². The molecule has 0 radical (unpaired) electrons. The van der Waals surface area contributed by atoms with Crippen LogP contribution in [0.4, 0.5) is 0 Å². The van der Waals surface area contributed by atoms with Crippen molar-refractivity contribution < 1.29 is 28.5 Å². The van der Waals surface area contributed by atoms with Crippen LogP contribution in [0, 0.1) is 11.7 Å². The first kappa shape index (κ1) is 25.1. The number of aldehydes is 1. The number of ether oxygens (including phenoxy) is 4. The molecule has 1 rings (SSSR count). The topological polar surface area (TPSA) is 83.1 Å². The zero-order valence-electron chi connectivity index (χ0n) is 16.9. The van der Waals surface area contributed by atoms with E-state index < -0.39 is 5.44 Å². The van der Waals surface area contributed by atoms with Crippen molar-refractivity contribution in [1.29, 1.82) is 0 Å². The Bertz CT molecular complexity index is 674. The zero-order chi connectivity index (χ0) is 21.3. The van der Waals surface area contributed by atoms with Crippen LogP contribution in [0.1, 0.15) is 23.7 Å². The molecule has 158 valence electrons. The van der Waals surface area contributed by atoms with Gasteiger partial charge in [-0.05, 0) is 18.6 Å². The summed E-state index contributed by atoms with van der Waals surface area (Å²) >= 11 is 4.27. The van der Waals surface area contributed by atoms with Gasteiger partial charge in [0.2, 0.25) is 13.2 Å². The Morgan fingerprint density at radius 2 is 2.21 bits per heavy atom. The highest BCUT2D eigenvalue weighted by molar-refractivity contribution is 7.80. The van der Waals surface area contributed by atoms with Gasteiger partial charge in [-0.2, -0.15) is 5.82 Å². The summed E-state index contributed by atoms with van der Waals surface area (Å²) in [6.45, 7) is 2.99. The minimum atomic E-state index is -0.457. The van der Waals surface area contributed by atoms with E-state index in [0.717, 1.165) is 12.7 Å². The van der Waals surface area contributed by atoms with Crippen LogP contribution < -0.4 is 10.1 Å². The second-order valence-corrected chi connectivity index (χ2v) is 6.56. The van der Waals surface area contributed by atoms with Crippen molar-refractivity contribution in [2.75, 3.05) is 40.1 Å². The van der Waals surface area contributed by atoms with Crippen molar-refractivity contribution in [3.05, 3.63) is 29.8 Å². The molecule has 9 heteroatoms. The lowest BCUT2D eigenvalue weighted by atomic mass is 9.71. The third-order valence-electron chi connectivity index (χ3n) is 3.78. The molecule has 29 heavy (non-hydrogen) atoms. The van der Waals surface area contributed by atoms with Gasteiger partial charge in [-0.3, -0.25) is 9.59 Å². The van der Waals surface area contributed by atoms with E-state index >= 15 is 0 Å².